The number of nitrogens with zero attached hydrogens (tertiary/aromatic N) is 3. The second-order valence-corrected chi connectivity index (χ2v) is 5.58. The van der Waals surface area contributed by atoms with Gasteiger partial charge in [0.1, 0.15) is 0 Å². The number of hydrogen-bond donors (Lipinski definition) is 0. The molecule has 0 saturated heterocycles. The van der Waals surface area contributed by atoms with Gasteiger partial charge in [0.25, 0.3) is 0 Å². The van der Waals surface area contributed by atoms with Crippen LogP contribution in [0.4, 0.5) is 13.2 Å². The molecule has 0 bridgehead atoms. The number of aromatic nitrogens is 3. The summed E-state index contributed by atoms with van der Waals surface area (Å²) in [6, 6.07) is 10.1. The van der Waals surface area contributed by atoms with E-state index in [-0.39, 0.29) is 5.56 Å². The summed E-state index contributed by atoms with van der Waals surface area (Å²) in [5, 5.41) is 1.94. The molecule has 4 rings (SSSR count). The Hall–Kier alpha value is -2.89. The summed E-state index contributed by atoms with van der Waals surface area (Å²) in [5.41, 5.74) is 1.54. The van der Waals surface area contributed by atoms with Gasteiger partial charge in [0.15, 0.2) is 5.69 Å². The summed E-state index contributed by atoms with van der Waals surface area (Å²) in [5.74, 6) is 0. The van der Waals surface area contributed by atoms with E-state index < -0.39 is 11.9 Å². The maximum Gasteiger partial charge on any atom is 0.433 e. The van der Waals surface area contributed by atoms with Crippen LogP contribution in [-0.4, -0.2) is 14.5 Å². The molecule has 0 N–H and O–H groups in total. The van der Waals surface area contributed by atoms with E-state index in [0.29, 0.717) is 5.56 Å². The monoisotopic (exact) mass is 327 g/mol. The average molecular weight is 327 g/mol. The van der Waals surface area contributed by atoms with E-state index in [0.717, 1.165) is 28.0 Å². The van der Waals surface area contributed by atoms with E-state index in [1.54, 1.807) is 24.5 Å². The van der Waals surface area contributed by atoms with Crippen LogP contribution in [0.25, 0.3) is 32.9 Å². The minimum absolute atomic E-state index is 0.0790. The number of alkyl halides is 3. The number of hydrogen-bond acceptors (Lipinski definition) is 2. The quantitative estimate of drug-likeness (QED) is 0.502. The van der Waals surface area contributed by atoms with Crippen LogP contribution in [0.1, 0.15) is 5.69 Å². The molecule has 3 nitrogen and oxygen atoms in total. The zero-order chi connectivity index (χ0) is 16.9. The normalized spacial score (nSPS) is 12.2. The Morgan fingerprint density at radius 1 is 0.958 bits per heavy atom. The minimum atomic E-state index is -4.49. The van der Waals surface area contributed by atoms with E-state index in [2.05, 4.69) is 9.97 Å². The molecule has 0 saturated carbocycles. The first kappa shape index (κ1) is 14.7. The van der Waals surface area contributed by atoms with Gasteiger partial charge in [-0.2, -0.15) is 13.2 Å². The zero-order valence-corrected chi connectivity index (χ0v) is 12.7. The van der Waals surface area contributed by atoms with Gasteiger partial charge in [-0.15, -0.1) is 0 Å². The highest BCUT2D eigenvalue weighted by Gasteiger charge is 2.35. The fourth-order valence-corrected chi connectivity index (χ4v) is 3.09. The summed E-state index contributed by atoms with van der Waals surface area (Å²) >= 11 is 0. The smallest absolute Gasteiger partial charge is 0.343 e. The molecule has 0 spiro atoms. The third kappa shape index (κ3) is 2.14. The molecule has 0 amide bonds. The fourth-order valence-electron chi connectivity index (χ4n) is 3.09. The van der Waals surface area contributed by atoms with Crippen molar-refractivity contribution in [2.24, 2.45) is 7.05 Å². The highest BCUT2D eigenvalue weighted by Crippen LogP contribution is 2.37. The summed E-state index contributed by atoms with van der Waals surface area (Å²) in [4.78, 5) is 7.66. The van der Waals surface area contributed by atoms with E-state index in [1.807, 2.05) is 23.7 Å². The van der Waals surface area contributed by atoms with E-state index >= 15 is 0 Å². The number of fused-ring (bicyclic) bond motifs is 3. The first-order valence-corrected chi connectivity index (χ1v) is 7.31. The van der Waals surface area contributed by atoms with E-state index in [4.69, 9.17) is 0 Å². The van der Waals surface area contributed by atoms with Crippen molar-refractivity contribution in [3.05, 3.63) is 60.7 Å². The molecule has 0 atom stereocenters. The Balaban J connectivity index is 2.00. The van der Waals surface area contributed by atoms with Gasteiger partial charge in [-0.1, -0.05) is 18.2 Å². The van der Waals surface area contributed by atoms with Crippen LogP contribution in [0.2, 0.25) is 0 Å². The van der Waals surface area contributed by atoms with Crippen LogP contribution in [0.15, 0.2) is 55.0 Å². The lowest BCUT2D eigenvalue weighted by molar-refractivity contribution is -0.140. The Labute approximate surface area is 135 Å². The van der Waals surface area contributed by atoms with Crippen LogP contribution in [0, 0.1) is 0 Å². The maximum atomic E-state index is 13.2. The highest BCUT2D eigenvalue weighted by molar-refractivity contribution is 6.08. The predicted octanol–water partition coefficient (Wildman–Crippen LogP) is 4.81. The molecule has 0 radical (unpaired) electrons. The van der Waals surface area contributed by atoms with Gasteiger partial charge < -0.3 is 4.57 Å². The molecular formula is C18H12F3N3. The number of benzene rings is 1. The van der Waals surface area contributed by atoms with Gasteiger partial charge >= 0.3 is 6.18 Å². The van der Waals surface area contributed by atoms with E-state index in [1.165, 1.54) is 12.1 Å². The SMILES string of the molecule is Cn1c2ccncc2c2ccc(-c3cccnc3C(F)(F)F)cc21. The van der Waals surface area contributed by atoms with Crippen molar-refractivity contribution >= 4 is 21.8 Å². The second-order valence-electron chi connectivity index (χ2n) is 5.58. The Kier molecular flexibility index (Phi) is 3.09. The van der Waals surface area contributed by atoms with Crippen molar-refractivity contribution < 1.29 is 13.2 Å². The molecule has 3 aromatic heterocycles. The third-order valence-corrected chi connectivity index (χ3v) is 4.20. The maximum absolute atomic E-state index is 13.2. The molecule has 3 heterocycles. The van der Waals surface area contributed by atoms with Crippen LogP contribution in [0.5, 0.6) is 0 Å². The molecule has 0 aliphatic heterocycles. The lowest BCUT2D eigenvalue weighted by Crippen LogP contribution is -2.09. The van der Waals surface area contributed by atoms with Crippen LogP contribution < -0.4 is 0 Å². The largest absolute Gasteiger partial charge is 0.433 e. The average Bonchev–Trinajstić information content (AvgIpc) is 2.87. The topological polar surface area (TPSA) is 30.7 Å². The molecule has 6 heteroatoms. The lowest BCUT2D eigenvalue weighted by atomic mass is 10.0. The van der Waals surface area contributed by atoms with Crippen molar-refractivity contribution in [3.8, 4) is 11.1 Å². The van der Waals surface area contributed by atoms with Crippen molar-refractivity contribution in [1.29, 1.82) is 0 Å². The van der Waals surface area contributed by atoms with Crippen molar-refractivity contribution in [2.45, 2.75) is 6.18 Å². The van der Waals surface area contributed by atoms with Crippen LogP contribution >= 0.6 is 0 Å². The Morgan fingerprint density at radius 3 is 2.58 bits per heavy atom. The molecule has 0 unspecified atom stereocenters. The summed E-state index contributed by atoms with van der Waals surface area (Å²) in [7, 11) is 1.89. The summed E-state index contributed by atoms with van der Waals surface area (Å²) < 4.78 is 41.6. The first-order chi connectivity index (χ1) is 11.5. The van der Waals surface area contributed by atoms with Gasteiger partial charge in [-0.25, -0.2) is 0 Å². The molecule has 0 fully saturated rings. The molecule has 120 valence electrons. The fraction of sp³-hybridized carbons (Fsp3) is 0.111. The summed E-state index contributed by atoms with van der Waals surface area (Å²) in [6.07, 6.45) is 0.134. The number of pyridine rings is 2. The van der Waals surface area contributed by atoms with Gasteiger partial charge in [0.05, 0.1) is 5.52 Å². The Morgan fingerprint density at radius 2 is 1.79 bits per heavy atom. The molecular weight excluding hydrogens is 315 g/mol. The van der Waals surface area contributed by atoms with Crippen molar-refractivity contribution in [3.63, 3.8) is 0 Å². The zero-order valence-electron chi connectivity index (χ0n) is 12.7. The second kappa shape index (κ2) is 5.06. The lowest BCUT2D eigenvalue weighted by Gasteiger charge is -2.11. The number of halogens is 3. The van der Waals surface area contributed by atoms with E-state index in [9.17, 15) is 13.2 Å². The minimum Gasteiger partial charge on any atom is -0.343 e. The first-order valence-electron chi connectivity index (χ1n) is 7.31. The molecule has 1 aromatic carbocycles. The molecule has 0 aliphatic rings. The van der Waals surface area contributed by atoms with Gasteiger partial charge in [-0.05, 0) is 23.8 Å². The third-order valence-electron chi connectivity index (χ3n) is 4.20. The van der Waals surface area contributed by atoms with Crippen LogP contribution in [-0.2, 0) is 13.2 Å². The van der Waals surface area contributed by atoms with Crippen molar-refractivity contribution in [1.82, 2.24) is 14.5 Å². The van der Waals surface area contributed by atoms with Crippen molar-refractivity contribution in [2.75, 3.05) is 0 Å². The molecule has 0 aliphatic carbocycles. The molecule has 24 heavy (non-hydrogen) atoms. The standard InChI is InChI=1S/C18H12F3N3/c1-24-15-6-8-22-10-14(15)13-5-4-11(9-16(13)24)12-3-2-7-23-17(12)18(19,20)21/h2-10H,1H3. The summed E-state index contributed by atoms with van der Waals surface area (Å²) in [6.45, 7) is 0. The van der Waals surface area contributed by atoms with Gasteiger partial charge in [0, 0.05) is 47.5 Å². The number of rotatable bonds is 1. The van der Waals surface area contributed by atoms with Gasteiger partial charge in [-0.3, -0.25) is 9.97 Å². The predicted molar refractivity (Wildman–Crippen MR) is 86.5 cm³/mol. The van der Waals surface area contributed by atoms with Gasteiger partial charge in [0.2, 0.25) is 0 Å². The highest BCUT2D eigenvalue weighted by atomic mass is 19.4. The Bertz CT molecular complexity index is 1060. The number of aryl methyl sites for hydroxylation is 1. The molecule has 4 aromatic rings. The van der Waals surface area contributed by atoms with Crippen LogP contribution in [0.3, 0.4) is 0 Å².